The molecular weight excluding hydrogens is 392 g/mol. The Morgan fingerprint density at radius 3 is 2.45 bits per heavy atom. The average molecular weight is 417 g/mol. The van der Waals surface area contributed by atoms with Crippen LogP contribution in [0.15, 0.2) is 29.8 Å². The largest absolute Gasteiger partial charge is 0.507 e. The molecule has 2 aromatic rings. The van der Waals surface area contributed by atoms with E-state index >= 15 is 0 Å². The van der Waals surface area contributed by atoms with Gasteiger partial charge >= 0.3 is 0 Å². The summed E-state index contributed by atoms with van der Waals surface area (Å²) in [5, 5.41) is 18.5. The number of nitrogens with one attached hydrogen (secondary N) is 1. The first-order chi connectivity index (χ1) is 13.7. The number of halogens is 1. The number of Topliss-reactive ketones (excluding diaryl/α,β-unsaturated/α-hetero) is 1. The molecule has 8 heteroatoms. The fourth-order valence-corrected chi connectivity index (χ4v) is 3.82. The zero-order chi connectivity index (χ0) is 21.3. The summed E-state index contributed by atoms with van der Waals surface area (Å²) in [5.41, 5.74) is 2.45. The van der Waals surface area contributed by atoms with Crippen LogP contribution in [0.1, 0.15) is 35.0 Å². The molecule has 1 aliphatic heterocycles. The van der Waals surface area contributed by atoms with E-state index in [9.17, 15) is 14.7 Å². The van der Waals surface area contributed by atoms with Crippen molar-refractivity contribution in [3.63, 3.8) is 0 Å². The van der Waals surface area contributed by atoms with Crippen molar-refractivity contribution in [2.75, 3.05) is 27.2 Å². The van der Waals surface area contributed by atoms with E-state index in [1.807, 2.05) is 19.0 Å². The molecule has 1 saturated heterocycles. The molecular formula is C21H25ClN4O3. The lowest BCUT2D eigenvalue weighted by atomic mass is 9.94. The fourth-order valence-electron chi connectivity index (χ4n) is 3.69. The van der Waals surface area contributed by atoms with E-state index in [4.69, 9.17) is 11.6 Å². The number of aliphatic hydroxyl groups excluding tert-OH is 1. The number of carbonyl (C=O) groups excluding carboxylic acids is 2. The zero-order valence-corrected chi connectivity index (χ0v) is 17.7. The van der Waals surface area contributed by atoms with Crippen LogP contribution in [0, 0.1) is 13.8 Å². The first-order valence-corrected chi connectivity index (χ1v) is 9.80. The Morgan fingerprint density at radius 1 is 1.24 bits per heavy atom. The Morgan fingerprint density at radius 2 is 1.90 bits per heavy atom. The number of ketones is 1. The summed E-state index contributed by atoms with van der Waals surface area (Å²) in [6.07, 6.45) is 0.702. The van der Waals surface area contributed by atoms with Crippen LogP contribution in [0.3, 0.4) is 0 Å². The normalized spacial score (nSPS) is 18.8. The van der Waals surface area contributed by atoms with Gasteiger partial charge in [0.1, 0.15) is 5.76 Å². The van der Waals surface area contributed by atoms with Crippen molar-refractivity contribution in [3.8, 4) is 0 Å². The number of aliphatic hydroxyl groups is 1. The van der Waals surface area contributed by atoms with E-state index < -0.39 is 17.7 Å². The van der Waals surface area contributed by atoms with E-state index in [0.29, 0.717) is 34.9 Å². The van der Waals surface area contributed by atoms with Crippen LogP contribution in [0.4, 0.5) is 0 Å². The number of aryl methyl sites for hydroxylation is 2. The summed E-state index contributed by atoms with van der Waals surface area (Å²) in [7, 11) is 3.91. The van der Waals surface area contributed by atoms with E-state index in [0.717, 1.165) is 12.1 Å². The predicted molar refractivity (Wildman–Crippen MR) is 112 cm³/mol. The Balaban J connectivity index is 2.12. The van der Waals surface area contributed by atoms with Gasteiger partial charge in [0.2, 0.25) is 0 Å². The van der Waals surface area contributed by atoms with Gasteiger partial charge in [-0.3, -0.25) is 14.7 Å². The molecule has 7 nitrogen and oxygen atoms in total. The van der Waals surface area contributed by atoms with Gasteiger partial charge in [-0.1, -0.05) is 23.7 Å². The number of aromatic amines is 1. The standard InChI is InChI=1S/C21H25ClN4O3/c1-12-16(13(2)24-23-12)19(27)17-18(14-6-8-15(22)9-7-14)26(21(29)20(17)28)11-5-10-25(3)4/h6-9,18,27H,5,10-11H2,1-4H3,(H,23,24)/b19-17+/t18-/m1/s1. The molecule has 154 valence electrons. The number of nitrogens with zero attached hydrogens (tertiary/aromatic N) is 3. The minimum Gasteiger partial charge on any atom is -0.507 e. The number of hydrogen-bond donors (Lipinski definition) is 2. The third-order valence-electron chi connectivity index (χ3n) is 5.09. The van der Waals surface area contributed by atoms with Crippen molar-refractivity contribution in [1.29, 1.82) is 0 Å². The van der Waals surface area contributed by atoms with Gasteiger partial charge in [0.25, 0.3) is 11.7 Å². The maximum atomic E-state index is 12.9. The van der Waals surface area contributed by atoms with Gasteiger partial charge in [-0.05, 0) is 58.6 Å². The maximum absolute atomic E-state index is 12.9. The molecule has 1 aromatic heterocycles. The van der Waals surface area contributed by atoms with E-state index in [1.54, 1.807) is 38.1 Å². The molecule has 0 radical (unpaired) electrons. The third-order valence-corrected chi connectivity index (χ3v) is 5.35. The number of rotatable bonds is 6. The van der Waals surface area contributed by atoms with Crippen LogP contribution >= 0.6 is 11.6 Å². The lowest BCUT2D eigenvalue weighted by Gasteiger charge is -2.26. The molecule has 0 spiro atoms. The smallest absolute Gasteiger partial charge is 0.295 e. The molecule has 1 amide bonds. The zero-order valence-electron chi connectivity index (χ0n) is 17.0. The molecule has 3 rings (SSSR count). The summed E-state index contributed by atoms with van der Waals surface area (Å²) < 4.78 is 0. The summed E-state index contributed by atoms with van der Waals surface area (Å²) >= 11 is 6.03. The molecule has 2 N–H and O–H groups in total. The Kier molecular flexibility index (Phi) is 6.10. The van der Waals surface area contributed by atoms with Crippen molar-refractivity contribution in [3.05, 3.63) is 57.4 Å². The van der Waals surface area contributed by atoms with Crippen LogP contribution in [0.5, 0.6) is 0 Å². The van der Waals surface area contributed by atoms with Crippen molar-refractivity contribution in [1.82, 2.24) is 20.0 Å². The predicted octanol–water partition coefficient (Wildman–Crippen LogP) is 3.05. The van der Waals surface area contributed by atoms with Crippen LogP contribution in [0.25, 0.3) is 5.76 Å². The van der Waals surface area contributed by atoms with E-state index in [1.165, 1.54) is 4.90 Å². The lowest BCUT2D eigenvalue weighted by Crippen LogP contribution is -2.32. The molecule has 0 bridgehead atoms. The highest BCUT2D eigenvalue weighted by atomic mass is 35.5. The first kappa shape index (κ1) is 21.1. The van der Waals surface area contributed by atoms with Crippen molar-refractivity contribution in [2.24, 2.45) is 0 Å². The second-order valence-corrected chi connectivity index (χ2v) is 7.95. The highest BCUT2D eigenvalue weighted by Crippen LogP contribution is 2.40. The topological polar surface area (TPSA) is 89.5 Å². The number of likely N-dealkylation sites (tertiary alicyclic amines) is 1. The SMILES string of the molecule is Cc1n[nH]c(C)c1/C(O)=C1\C(=O)C(=O)N(CCCN(C)C)[C@@H]1c1ccc(Cl)cc1. The Hall–Kier alpha value is -2.64. The van der Waals surface area contributed by atoms with Gasteiger partial charge in [-0.2, -0.15) is 5.10 Å². The van der Waals surface area contributed by atoms with Crippen LogP contribution in [0.2, 0.25) is 5.02 Å². The second-order valence-electron chi connectivity index (χ2n) is 7.51. The second kappa shape index (κ2) is 8.39. The van der Waals surface area contributed by atoms with Crippen LogP contribution < -0.4 is 0 Å². The highest BCUT2D eigenvalue weighted by molar-refractivity contribution is 6.46. The van der Waals surface area contributed by atoms with Gasteiger partial charge in [0, 0.05) is 17.3 Å². The van der Waals surface area contributed by atoms with Crippen LogP contribution in [-0.2, 0) is 9.59 Å². The minimum absolute atomic E-state index is 0.0785. The van der Waals surface area contributed by atoms with Gasteiger partial charge in [0.15, 0.2) is 0 Å². The number of benzene rings is 1. The molecule has 1 aromatic carbocycles. The average Bonchev–Trinajstić information content (AvgIpc) is 3.13. The third kappa shape index (κ3) is 4.06. The quantitative estimate of drug-likeness (QED) is 0.429. The van der Waals surface area contributed by atoms with Crippen LogP contribution in [-0.4, -0.2) is 64.0 Å². The first-order valence-electron chi connectivity index (χ1n) is 9.43. The van der Waals surface area contributed by atoms with Gasteiger partial charge in [-0.15, -0.1) is 0 Å². The van der Waals surface area contributed by atoms with Gasteiger partial charge in [-0.25, -0.2) is 0 Å². The molecule has 0 aliphatic carbocycles. The van der Waals surface area contributed by atoms with Gasteiger partial charge < -0.3 is 14.9 Å². The molecule has 29 heavy (non-hydrogen) atoms. The van der Waals surface area contributed by atoms with Crippen molar-refractivity contribution < 1.29 is 14.7 Å². The molecule has 2 heterocycles. The highest BCUT2D eigenvalue weighted by Gasteiger charge is 2.46. The molecule has 0 saturated carbocycles. The molecule has 1 atom stereocenters. The number of aromatic nitrogens is 2. The van der Waals surface area contributed by atoms with E-state index in [-0.39, 0.29) is 11.3 Å². The van der Waals surface area contributed by atoms with E-state index in [2.05, 4.69) is 10.2 Å². The van der Waals surface area contributed by atoms with Crippen molar-refractivity contribution >= 4 is 29.1 Å². The monoisotopic (exact) mass is 416 g/mol. The van der Waals surface area contributed by atoms with Crippen molar-refractivity contribution in [2.45, 2.75) is 26.3 Å². The summed E-state index contributed by atoms with van der Waals surface area (Å²) in [6.45, 7) is 4.68. The summed E-state index contributed by atoms with van der Waals surface area (Å²) in [5.74, 6) is -1.50. The number of H-pyrrole nitrogens is 1. The minimum atomic E-state index is -0.688. The lowest BCUT2D eigenvalue weighted by molar-refractivity contribution is -0.139. The molecule has 0 unspecified atom stereocenters. The number of carbonyl (C=O) groups is 2. The molecule has 1 fully saturated rings. The molecule has 1 aliphatic rings. The summed E-state index contributed by atoms with van der Waals surface area (Å²) in [6, 6.07) is 6.31. The number of amides is 1. The fraction of sp³-hybridized carbons (Fsp3) is 0.381. The Labute approximate surface area is 175 Å². The van der Waals surface area contributed by atoms with Gasteiger partial charge in [0.05, 0.1) is 22.9 Å². The summed E-state index contributed by atoms with van der Waals surface area (Å²) in [4.78, 5) is 29.4. The maximum Gasteiger partial charge on any atom is 0.295 e. The number of hydrogen-bond acceptors (Lipinski definition) is 5. The Bertz CT molecular complexity index is 943.